The largest absolute Gasteiger partial charge is 0.452 e. The first-order valence-electron chi connectivity index (χ1n) is 8.04. The highest BCUT2D eigenvalue weighted by atomic mass is 32.2. The van der Waals surface area contributed by atoms with Crippen molar-refractivity contribution < 1.29 is 22.7 Å². The number of hydrogen-bond donors (Lipinski definition) is 1. The highest BCUT2D eigenvalue weighted by molar-refractivity contribution is 7.90. The monoisotopic (exact) mass is 353 g/mol. The summed E-state index contributed by atoms with van der Waals surface area (Å²) in [6.45, 7) is 1.73. The summed E-state index contributed by atoms with van der Waals surface area (Å²) in [6.07, 6.45) is 5.36. The molecular formula is C17H23NO5S. The van der Waals surface area contributed by atoms with Gasteiger partial charge in [0.2, 0.25) is 0 Å². The molecule has 0 aliphatic heterocycles. The highest BCUT2D eigenvalue weighted by Gasteiger charge is 2.23. The molecule has 1 aliphatic carbocycles. The number of nitrogens with one attached hydrogen (secondary N) is 1. The summed E-state index contributed by atoms with van der Waals surface area (Å²) < 4.78 is 28.0. The molecule has 1 N–H and O–H groups in total. The molecule has 1 aromatic rings. The van der Waals surface area contributed by atoms with Gasteiger partial charge in [0.05, 0.1) is 10.5 Å². The fraction of sp³-hybridized carbons (Fsp3) is 0.529. The summed E-state index contributed by atoms with van der Waals surface area (Å²) >= 11 is 0. The molecule has 1 fully saturated rings. The lowest BCUT2D eigenvalue weighted by molar-refractivity contribution is -0.125. The van der Waals surface area contributed by atoms with E-state index in [0.29, 0.717) is 5.92 Å². The molecule has 24 heavy (non-hydrogen) atoms. The summed E-state index contributed by atoms with van der Waals surface area (Å²) in [6, 6.07) is 5.70. The molecule has 2 rings (SSSR count). The van der Waals surface area contributed by atoms with Gasteiger partial charge in [0.1, 0.15) is 0 Å². The number of ether oxygens (including phenoxy) is 1. The molecule has 0 saturated heterocycles. The van der Waals surface area contributed by atoms with E-state index in [2.05, 4.69) is 12.2 Å². The van der Waals surface area contributed by atoms with Crippen molar-refractivity contribution in [3.05, 3.63) is 29.8 Å². The van der Waals surface area contributed by atoms with Gasteiger partial charge in [-0.15, -0.1) is 0 Å². The summed E-state index contributed by atoms with van der Waals surface area (Å²) in [7, 11) is -3.40. The standard InChI is InChI=1S/C17H23NO5S/c1-12-6-3-4-9-15(12)18-16(19)11-23-17(20)13-7-5-8-14(10-13)24(2,21)22/h5,7-8,10,12,15H,3-4,6,9,11H2,1-2H3,(H,18,19)/t12-,15-/m0/s1. The van der Waals surface area contributed by atoms with Gasteiger partial charge in [0.15, 0.2) is 16.4 Å². The topological polar surface area (TPSA) is 89.5 Å². The van der Waals surface area contributed by atoms with E-state index in [9.17, 15) is 18.0 Å². The Kier molecular flexibility index (Phi) is 5.99. The number of sulfone groups is 1. The van der Waals surface area contributed by atoms with Crippen LogP contribution < -0.4 is 5.32 Å². The molecule has 0 bridgehead atoms. The zero-order valence-electron chi connectivity index (χ0n) is 13.9. The quantitative estimate of drug-likeness (QED) is 0.817. The second-order valence-electron chi connectivity index (χ2n) is 6.31. The number of carbonyl (C=O) groups is 2. The predicted molar refractivity (Wildman–Crippen MR) is 89.4 cm³/mol. The zero-order valence-corrected chi connectivity index (χ0v) is 14.8. The van der Waals surface area contributed by atoms with Crippen molar-refractivity contribution in [1.82, 2.24) is 5.32 Å². The molecule has 0 heterocycles. The van der Waals surface area contributed by atoms with Gasteiger partial charge in [-0.1, -0.05) is 25.8 Å². The molecular weight excluding hydrogens is 330 g/mol. The number of amides is 1. The third kappa shape index (κ3) is 5.06. The van der Waals surface area contributed by atoms with E-state index in [4.69, 9.17) is 4.74 Å². The molecule has 7 heteroatoms. The van der Waals surface area contributed by atoms with Crippen LogP contribution >= 0.6 is 0 Å². The smallest absolute Gasteiger partial charge is 0.338 e. The van der Waals surface area contributed by atoms with Crippen LogP contribution in [0.15, 0.2) is 29.2 Å². The molecule has 2 atom stereocenters. The normalized spacial score (nSPS) is 21.1. The lowest BCUT2D eigenvalue weighted by Gasteiger charge is -2.29. The van der Waals surface area contributed by atoms with E-state index < -0.39 is 15.8 Å². The van der Waals surface area contributed by atoms with Gasteiger partial charge in [0, 0.05) is 12.3 Å². The lowest BCUT2D eigenvalue weighted by Crippen LogP contribution is -2.42. The first-order chi connectivity index (χ1) is 11.3. The minimum absolute atomic E-state index is 0.0393. The molecule has 1 aliphatic rings. The van der Waals surface area contributed by atoms with Gasteiger partial charge < -0.3 is 10.1 Å². The zero-order chi connectivity index (χ0) is 17.7. The number of carbonyl (C=O) groups excluding carboxylic acids is 2. The van der Waals surface area contributed by atoms with Crippen LogP contribution in [0.4, 0.5) is 0 Å². The minimum atomic E-state index is -3.40. The fourth-order valence-electron chi connectivity index (χ4n) is 2.85. The van der Waals surface area contributed by atoms with Crippen molar-refractivity contribution in [2.24, 2.45) is 5.92 Å². The molecule has 1 aromatic carbocycles. The Morgan fingerprint density at radius 3 is 2.62 bits per heavy atom. The Hall–Kier alpha value is -1.89. The number of benzene rings is 1. The third-order valence-corrected chi connectivity index (χ3v) is 5.40. The van der Waals surface area contributed by atoms with E-state index in [1.54, 1.807) is 0 Å². The first kappa shape index (κ1) is 18.4. The summed E-state index contributed by atoms with van der Waals surface area (Å²) in [5, 5.41) is 2.90. The van der Waals surface area contributed by atoms with E-state index in [1.165, 1.54) is 30.7 Å². The van der Waals surface area contributed by atoms with E-state index in [-0.39, 0.29) is 29.0 Å². The Balaban J connectivity index is 1.90. The first-order valence-corrected chi connectivity index (χ1v) is 9.93. The van der Waals surface area contributed by atoms with Crippen LogP contribution in [-0.2, 0) is 19.4 Å². The van der Waals surface area contributed by atoms with Gasteiger partial charge >= 0.3 is 5.97 Å². The van der Waals surface area contributed by atoms with Crippen molar-refractivity contribution in [2.45, 2.75) is 43.5 Å². The minimum Gasteiger partial charge on any atom is -0.452 e. The van der Waals surface area contributed by atoms with Gasteiger partial charge in [-0.25, -0.2) is 13.2 Å². The average molecular weight is 353 g/mol. The second kappa shape index (κ2) is 7.79. The van der Waals surface area contributed by atoms with E-state index in [1.807, 2.05) is 0 Å². The summed E-state index contributed by atoms with van der Waals surface area (Å²) in [5.74, 6) is -0.626. The second-order valence-corrected chi connectivity index (χ2v) is 8.33. The average Bonchev–Trinajstić information content (AvgIpc) is 2.54. The maximum Gasteiger partial charge on any atom is 0.338 e. The maximum atomic E-state index is 12.0. The van der Waals surface area contributed by atoms with Crippen LogP contribution in [0.5, 0.6) is 0 Å². The molecule has 6 nitrogen and oxygen atoms in total. The fourth-order valence-corrected chi connectivity index (χ4v) is 3.51. The van der Waals surface area contributed by atoms with Crippen LogP contribution in [0, 0.1) is 5.92 Å². The van der Waals surface area contributed by atoms with Gasteiger partial charge in [-0.3, -0.25) is 4.79 Å². The highest BCUT2D eigenvalue weighted by Crippen LogP contribution is 2.23. The SMILES string of the molecule is C[C@H]1CCCC[C@@H]1NC(=O)COC(=O)c1cccc(S(C)(=O)=O)c1. The van der Waals surface area contributed by atoms with Crippen molar-refractivity contribution in [3.8, 4) is 0 Å². The van der Waals surface area contributed by atoms with Crippen LogP contribution in [-0.4, -0.2) is 39.2 Å². The van der Waals surface area contributed by atoms with Crippen LogP contribution in [0.3, 0.4) is 0 Å². The van der Waals surface area contributed by atoms with E-state index >= 15 is 0 Å². The Bertz CT molecular complexity index is 713. The summed E-state index contributed by atoms with van der Waals surface area (Å²) in [4.78, 5) is 24.0. The Labute approximate surface area is 142 Å². The van der Waals surface area contributed by atoms with Crippen molar-refractivity contribution >= 4 is 21.7 Å². The summed E-state index contributed by atoms with van der Waals surface area (Å²) in [5.41, 5.74) is 0.108. The molecule has 132 valence electrons. The lowest BCUT2D eigenvalue weighted by atomic mass is 9.86. The molecule has 1 amide bonds. The Morgan fingerprint density at radius 2 is 1.96 bits per heavy atom. The van der Waals surface area contributed by atoms with Gasteiger partial charge in [-0.05, 0) is 37.0 Å². The van der Waals surface area contributed by atoms with Crippen LogP contribution in [0.1, 0.15) is 43.0 Å². The predicted octanol–water partition coefficient (Wildman–Crippen LogP) is 1.94. The molecule has 0 radical (unpaired) electrons. The maximum absolute atomic E-state index is 12.0. The number of rotatable bonds is 5. The van der Waals surface area contributed by atoms with Crippen molar-refractivity contribution in [1.29, 1.82) is 0 Å². The van der Waals surface area contributed by atoms with E-state index in [0.717, 1.165) is 25.5 Å². The van der Waals surface area contributed by atoms with Crippen LogP contribution in [0.25, 0.3) is 0 Å². The number of hydrogen-bond acceptors (Lipinski definition) is 5. The Morgan fingerprint density at radius 1 is 1.25 bits per heavy atom. The molecule has 0 spiro atoms. The number of esters is 1. The molecule has 0 unspecified atom stereocenters. The third-order valence-electron chi connectivity index (χ3n) is 4.29. The van der Waals surface area contributed by atoms with Gasteiger partial charge in [0.25, 0.3) is 5.91 Å². The van der Waals surface area contributed by atoms with Crippen molar-refractivity contribution in [3.63, 3.8) is 0 Å². The van der Waals surface area contributed by atoms with Crippen molar-refractivity contribution in [2.75, 3.05) is 12.9 Å². The molecule has 0 aromatic heterocycles. The molecule has 1 saturated carbocycles. The van der Waals surface area contributed by atoms with Crippen LogP contribution in [0.2, 0.25) is 0 Å². The van der Waals surface area contributed by atoms with Gasteiger partial charge in [-0.2, -0.15) is 0 Å².